The number of hydrogen-bond acceptors (Lipinski definition) is 3. The van der Waals surface area contributed by atoms with Gasteiger partial charge in [-0.15, -0.1) is 0 Å². The Morgan fingerprint density at radius 3 is 2.29 bits per heavy atom. The van der Waals surface area contributed by atoms with Gasteiger partial charge in [-0.3, -0.25) is 4.18 Å². The van der Waals surface area contributed by atoms with Crippen molar-refractivity contribution in [2.75, 3.05) is 0 Å². The topological polar surface area (TPSA) is 43.4 Å². The van der Waals surface area contributed by atoms with Gasteiger partial charge in [0.15, 0.2) is 0 Å². The van der Waals surface area contributed by atoms with Crippen LogP contribution >= 0.6 is 0 Å². The summed E-state index contributed by atoms with van der Waals surface area (Å²) in [5.41, 5.74) is -0.121. The van der Waals surface area contributed by atoms with Gasteiger partial charge in [0.1, 0.15) is 0 Å². The van der Waals surface area contributed by atoms with E-state index < -0.39 is 10.1 Å². The van der Waals surface area contributed by atoms with Gasteiger partial charge in [-0.05, 0) is 36.0 Å². The molecule has 4 heteroatoms. The molecule has 2 bridgehead atoms. The first kappa shape index (κ1) is 12.0. The van der Waals surface area contributed by atoms with Crippen LogP contribution in [0.4, 0.5) is 0 Å². The lowest BCUT2D eigenvalue weighted by Crippen LogP contribution is -2.52. The Hall–Kier alpha value is -0.0900. The molecule has 17 heavy (non-hydrogen) atoms. The molecule has 3 fully saturated rings. The van der Waals surface area contributed by atoms with Crippen molar-refractivity contribution in [1.82, 2.24) is 0 Å². The first-order valence-electron chi connectivity index (χ1n) is 6.56. The number of rotatable bonds is 0. The average molecular weight is 258 g/mol. The Balaban J connectivity index is 2.12. The van der Waals surface area contributed by atoms with Crippen molar-refractivity contribution < 1.29 is 12.6 Å². The summed E-state index contributed by atoms with van der Waals surface area (Å²) in [7, 11) is -3.36. The fourth-order valence-electron chi connectivity index (χ4n) is 4.92. The highest BCUT2D eigenvalue weighted by Crippen LogP contribution is 2.60. The van der Waals surface area contributed by atoms with Crippen LogP contribution in [0.1, 0.15) is 47.0 Å². The second-order valence-electron chi connectivity index (χ2n) is 7.58. The van der Waals surface area contributed by atoms with E-state index in [4.69, 9.17) is 4.18 Å². The highest BCUT2D eigenvalue weighted by Gasteiger charge is 2.64. The van der Waals surface area contributed by atoms with Gasteiger partial charge in [0.05, 0.1) is 11.4 Å². The SMILES string of the molecule is CC1(C)CC2CC3C1OS(=O)(=O)C3C(C)(C)C2. The molecule has 2 aliphatic carbocycles. The monoisotopic (exact) mass is 258 g/mol. The van der Waals surface area contributed by atoms with Crippen LogP contribution in [0.15, 0.2) is 0 Å². The molecule has 2 saturated carbocycles. The minimum atomic E-state index is -3.36. The molecule has 0 spiro atoms. The number of hydrogen-bond donors (Lipinski definition) is 0. The van der Waals surface area contributed by atoms with E-state index in [1.54, 1.807) is 0 Å². The van der Waals surface area contributed by atoms with E-state index in [1.165, 1.54) is 0 Å². The zero-order chi connectivity index (χ0) is 12.6. The molecule has 98 valence electrons. The largest absolute Gasteiger partial charge is 0.271 e. The zero-order valence-corrected chi connectivity index (χ0v) is 11.9. The second-order valence-corrected chi connectivity index (χ2v) is 9.27. The Morgan fingerprint density at radius 1 is 1.06 bits per heavy atom. The lowest BCUT2D eigenvalue weighted by molar-refractivity contribution is -0.0481. The summed E-state index contributed by atoms with van der Waals surface area (Å²) in [5.74, 6) is 0.895. The standard InChI is InChI=1S/C13H22O3S/c1-12(2)6-8-5-9-10(12)16-17(14,15)11(9)13(3,4)7-8/h8-11H,5-7H2,1-4H3. The Bertz CT molecular complexity index is 449. The van der Waals surface area contributed by atoms with Crippen LogP contribution in [-0.4, -0.2) is 19.8 Å². The van der Waals surface area contributed by atoms with E-state index in [2.05, 4.69) is 27.7 Å². The molecule has 1 heterocycles. The smallest absolute Gasteiger partial charge is 0.266 e. The van der Waals surface area contributed by atoms with E-state index in [-0.39, 0.29) is 28.1 Å². The summed E-state index contributed by atoms with van der Waals surface area (Å²) in [6.45, 7) is 8.51. The molecule has 4 atom stereocenters. The Kier molecular flexibility index (Phi) is 2.17. The molecule has 1 saturated heterocycles. The third kappa shape index (κ3) is 1.53. The van der Waals surface area contributed by atoms with Gasteiger partial charge in [-0.1, -0.05) is 27.7 Å². The van der Waals surface area contributed by atoms with Crippen LogP contribution in [0, 0.1) is 22.7 Å². The van der Waals surface area contributed by atoms with Gasteiger partial charge in [0.2, 0.25) is 0 Å². The predicted molar refractivity (Wildman–Crippen MR) is 66.0 cm³/mol. The molecule has 0 amide bonds. The highest BCUT2D eigenvalue weighted by atomic mass is 32.2. The average Bonchev–Trinajstić information content (AvgIpc) is 2.35. The molecule has 0 radical (unpaired) electrons. The maximum atomic E-state index is 12.3. The first-order chi connectivity index (χ1) is 7.63. The quantitative estimate of drug-likeness (QED) is 0.627. The summed E-state index contributed by atoms with van der Waals surface area (Å²) in [6, 6.07) is 0. The first-order valence-corrected chi connectivity index (χ1v) is 8.03. The highest BCUT2D eigenvalue weighted by molar-refractivity contribution is 7.87. The van der Waals surface area contributed by atoms with E-state index in [0.29, 0.717) is 5.92 Å². The molecule has 1 aliphatic heterocycles. The van der Waals surface area contributed by atoms with Crippen molar-refractivity contribution in [1.29, 1.82) is 0 Å². The minimum absolute atomic E-state index is 0.00586. The minimum Gasteiger partial charge on any atom is -0.266 e. The summed E-state index contributed by atoms with van der Waals surface area (Å²) in [4.78, 5) is 0. The third-order valence-corrected chi connectivity index (χ3v) is 7.19. The van der Waals surface area contributed by atoms with Crippen molar-refractivity contribution in [2.24, 2.45) is 22.7 Å². The molecule has 3 nitrogen and oxygen atoms in total. The second kappa shape index (κ2) is 3.08. The van der Waals surface area contributed by atoms with E-state index in [9.17, 15) is 8.42 Å². The van der Waals surface area contributed by atoms with Crippen LogP contribution in [0.25, 0.3) is 0 Å². The van der Waals surface area contributed by atoms with Crippen LogP contribution < -0.4 is 0 Å². The zero-order valence-electron chi connectivity index (χ0n) is 11.1. The molecule has 0 aromatic rings. The molecule has 3 rings (SSSR count). The normalized spacial score (nSPS) is 48.9. The van der Waals surface area contributed by atoms with Crippen LogP contribution in [0.2, 0.25) is 0 Å². The lowest BCUT2D eigenvalue weighted by Gasteiger charge is -2.51. The van der Waals surface area contributed by atoms with E-state index >= 15 is 0 Å². The van der Waals surface area contributed by atoms with E-state index in [0.717, 1.165) is 19.3 Å². The molecule has 0 N–H and O–H groups in total. The lowest BCUT2D eigenvalue weighted by atomic mass is 9.55. The molecule has 3 aliphatic rings. The van der Waals surface area contributed by atoms with Gasteiger partial charge in [0.25, 0.3) is 10.1 Å². The Labute approximate surface area is 104 Å². The van der Waals surface area contributed by atoms with Crippen LogP contribution in [-0.2, 0) is 14.3 Å². The summed E-state index contributed by atoms with van der Waals surface area (Å²) < 4.78 is 30.0. The summed E-state index contributed by atoms with van der Waals surface area (Å²) in [6.07, 6.45) is 3.07. The molecular weight excluding hydrogens is 236 g/mol. The van der Waals surface area contributed by atoms with Crippen molar-refractivity contribution in [3.63, 3.8) is 0 Å². The van der Waals surface area contributed by atoms with Gasteiger partial charge < -0.3 is 0 Å². The van der Waals surface area contributed by atoms with Crippen molar-refractivity contribution >= 4 is 10.1 Å². The number of fused-ring (bicyclic) bond motifs is 1. The third-order valence-electron chi connectivity index (χ3n) is 5.10. The van der Waals surface area contributed by atoms with Gasteiger partial charge in [-0.25, -0.2) is 0 Å². The van der Waals surface area contributed by atoms with Crippen molar-refractivity contribution in [3.8, 4) is 0 Å². The fraction of sp³-hybridized carbons (Fsp3) is 1.00. The summed E-state index contributed by atoms with van der Waals surface area (Å²) in [5, 5.41) is -0.282. The fourth-order valence-corrected chi connectivity index (χ4v) is 7.29. The molecule has 0 aromatic heterocycles. The molecular formula is C13H22O3S. The van der Waals surface area contributed by atoms with Crippen LogP contribution in [0.5, 0.6) is 0 Å². The van der Waals surface area contributed by atoms with Crippen molar-refractivity contribution in [2.45, 2.75) is 58.3 Å². The van der Waals surface area contributed by atoms with Gasteiger partial charge >= 0.3 is 0 Å². The maximum absolute atomic E-state index is 12.3. The predicted octanol–water partition coefficient (Wildman–Crippen LogP) is 2.57. The van der Waals surface area contributed by atoms with Crippen molar-refractivity contribution in [3.05, 3.63) is 0 Å². The maximum Gasteiger partial charge on any atom is 0.271 e. The van der Waals surface area contributed by atoms with Gasteiger partial charge in [-0.2, -0.15) is 8.42 Å². The molecule has 0 aromatic carbocycles. The summed E-state index contributed by atoms with van der Waals surface area (Å²) >= 11 is 0. The Morgan fingerprint density at radius 2 is 1.65 bits per heavy atom. The van der Waals surface area contributed by atoms with E-state index in [1.807, 2.05) is 0 Å². The van der Waals surface area contributed by atoms with Gasteiger partial charge in [0, 0.05) is 5.92 Å². The molecule has 4 unspecified atom stereocenters. The van der Waals surface area contributed by atoms with Crippen LogP contribution in [0.3, 0.4) is 0 Å².